The van der Waals surface area contributed by atoms with Gasteiger partial charge in [0.15, 0.2) is 5.03 Å². The second kappa shape index (κ2) is 10.7. The minimum atomic E-state index is -3.80. The van der Waals surface area contributed by atoms with Crippen LogP contribution in [0.4, 0.5) is 0 Å². The first kappa shape index (κ1) is 23.9. The fourth-order valence-electron chi connectivity index (χ4n) is 3.34. The van der Waals surface area contributed by atoms with Crippen molar-refractivity contribution >= 4 is 39.6 Å². The third-order valence-corrected chi connectivity index (χ3v) is 7.68. The summed E-state index contributed by atoms with van der Waals surface area (Å²) in [6.45, 7) is 0.963. The number of amides is 1. The van der Waals surface area contributed by atoms with Gasteiger partial charge in [-0.2, -0.15) is 4.31 Å². The van der Waals surface area contributed by atoms with Crippen LogP contribution in [0.3, 0.4) is 0 Å². The number of hydrogen-bond acceptors (Lipinski definition) is 6. The van der Waals surface area contributed by atoms with Crippen molar-refractivity contribution in [2.45, 2.75) is 37.0 Å². The van der Waals surface area contributed by atoms with Crippen LogP contribution in [-0.4, -0.2) is 60.1 Å². The molecule has 2 aromatic rings. The number of sulfonamides is 1. The number of halogens is 2. The van der Waals surface area contributed by atoms with Crippen molar-refractivity contribution in [2.24, 2.45) is 0 Å². The van der Waals surface area contributed by atoms with Gasteiger partial charge in [-0.05, 0) is 48.6 Å². The summed E-state index contributed by atoms with van der Waals surface area (Å²) >= 11 is 11.9. The van der Waals surface area contributed by atoms with E-state index < -0.39 is 10.0 Å². The summed E-state index contributed by atoms with van der Waals surface area (Å²) in [6, 6.07) is 8.57. The van der Waals surface area contributed by atoms with E-state index in [0.717, 1.165) is 5.56 Å². The Morgan fingerprint density at radius 2 is 1.97 bits per heavy atom. The topological polar surface area (TPSA) is 100 Å². The van der Waals surface area contributed by atoms with Crippen molar-refractivity contribution in [3.05, 3.63) is 57.7 Å². The Hall–Kier alpha value is -1.75. The van der Waals surface area contributed by atoms with Gasteiger partial charge in [-0.25, -0.2) is 18.5 Å². The van der Waals surface area contributed by atoms with Crippen molar-refractivity contribution in [2.75, 3.05) is 19.6 Å². The minimum Gasteiger partial charge on any atom is -0.373 e. The Balaban J connectivity index is 1.59. The van der Waals surface area contributed by atoms with Crippen LogP contribution in [0.2, 0.25) is 10.0 Å². The number of benzene rings is 1. The lowest BCUT2D eigenvalue weighted by molar-refractivity contribution is -0.149. The van der Waals surface area contributed by atoms with E-state index in [1.165, 1.54) is 10.5 Å². The fraction of sp³-hybridized carbons (Fsp3) is 0.400. The van der Waals surface area contributed by atoms with E-state index in [1.807, 2.05) is 6.07 Å². The SMILES string of the molecule is O=CN(O)CCc1cccnc1S(=O)(=O)N1CCC(OCc2ccc(Cl)c(Cl)c2)CC1. The van der Waals surface area contributed by atoms with E-state index in [2.05, 4.69) is 4.98 Å². The maximum absolute atomic E-state index is 13.1. The number of piperidine rings is 1. The Bertz CT molecular complexity index is 1010. The number of ether oxygens (including phenoxy) is 1. The highest BCUT2D eigenvalue weighted by atomic mass is 35.5. The summed E-state index contributed by atoms with van der Waals surface area (Å²) in [5.74, 6) is 0. The lowest BCUT2D eigenvalue weighted by atomic mass is 10.1. The van der Waals surface area contributed by atoms with E-state index in [9.17, 15) is 18.4 Å². The molecule has 3 rings (SSSR count). The number of rotatable bonds is 9. The molecule has 0 radical (unpaired) electrons. The highest BCUT2D eigenvalue weighted by Gasteiger charge is 2.32. The number of hydrogen-bond donors (Lipinski definition) is 1. The first-order valence-electron chi connectivity index (χ1n) is 9.71. The summed E-state index contributed by atoms with van der Waals surface area (Å²) in [4.78, 5) is 14.6. The van der Waals surface area contributed by atoms with Crippen molar-refractivity contribution in [1.82, 2.24) is 14.4 Å². The van der Waals surface area contributed by atoms with Crippen molar-refractivity contribution < 1.29 is 23.2 Å². The second-order valence-corrected chi connectivity index (χ2v) is 9.82. The molecule has 8 nitrogen and oxygen atoms in total. The van der Waals surface area contributed by atoms with Gasteiger partial charge in [0.2, 0.25) is 6.41 Å². The Morgan fingerprint density at radius 3 is 2.65 bits per heavy atom. The second-order valence-electron chi connectivity index (χ2n) is 7.15. The van der Waals surface area contributed by atoms with E-state index in [-0.39, 0.29) is 30.5 Å². The third kappa shape index (κ3) is 6.15. The Morgan fingerprint density at radius 1 is 1.23 bits per heavy atom. The molecule has 0 spiro atoms. The van der Waals surface area contributed by atoms with Crippen molar-refractivity contribution in [3.8, 4) is 0 Å². The van der Waals surface area contributed by atoms with Crippen LogP contribution < -0.4 is 0 Å². The molecular weight excluding hydrogens is 465 g/mol. The quantitative estimate of drug-likeness (QED) is 0.331. The average molecular weight is 488 g/mol. The molecule has 1 aliphatic rings. The number of aromatic nitrogens is 1. The van der Waals surface area contributed by atoms with Gasteiger partial charge in [0, 0.05) is 19.3 Å². The summed E-state index contributed by atoms with van der Waals surface area (Å²) in [7, 11) is -3.80. The highest BCUT2D eigenvalue weighted by molar-refractivity contribution is 7.89. The van der Waals surface area contributed by atoms with Gasteiger partial charge in [0.05, 0.1) is 29.3 Å². The van der Waals surface area contributed by atoms with Crippen LogP contribution in [0, 0.1) is 0 Å². The van der Waals surface area contributed by atoms with Crippen LogP contribution in [0.15, 0.2) is 41.6 Å². The van der Waals surface area contributed by atoms with Gasteiger partial charge >= 0.3 is 0 Å². The molecule has 1 N–H and O–H groups in total. The summed E-state index contributed by atoms with van der Waals surface area (Å²) in [5.41, 5.74) is 1.34. The summed E-state index contributed by atoms with van der Waals surface area (Å²) in [5, 5.41) is 10.7. The number of nitrogens with zero attached hydrogens (tertiary/aromatic N) is 3. The smallest absolute Gasteiger partial charge is 0.260 e. The average Bonchev–Trinajstić information content (AvgIpc) is 2.78. The molecule has 11 heteroatoms. The fourth-order valence-corrected chi connectivity index (χ4v) is 5.29. The Kier molecular flexibility index (Phi) is 8.26. The molecule has 1 saturated heterocycles. The van der Waals surface area contributed by atoms with Gasteiger partial charge < -0.3 is 4.74 Å². The highest BCUT2D eigenvalue weighted by Crippen LogP contribution is 2.26. The molecule has 1 amide bonds. The van der Waals surface area contributed by atoms with Crippen molar-refractivity contribution in [1.29, 1.82) is 0 Å². The van der Waals surface area contributed by atoms with Crippen LogP contribution in [0.1, 0.15) is 24.0 Å². The van der Waals surface area contributed by atoms with Crippen LogP contribution >= 0.6 is 23.2 Å². The first-order chi connectivity index (χ1) is 14.8. The maximum Gasteiger partial charge on any atom is 0.260 e. The van der Waals surface area contributed by atoms with E-state index in [4.69, 9.17) is 27.9 Å². The molecule has 31 heavy (non-hydrogen) atoms. The van der Waals surface area contributed by atoms with E-state index in [1.54, 1.807) is 24.3 Å². The van der Waals surface area contributed by atoms with Gasteiger partial charge in [0.1, 0.15) is 0 Å². The molecule has 0 saturated carbocycles. The normalized spacial score (nSPS) is 15.7. The van der Waals surface area contributed by atoms with Crippen LogP contribution in [-0.2, 0) is 32.6 Å². The zero-order valence-corrected chi connectivity index (χ0v) is 19.0. The standard InChI is InChI=1S/C20H23Cl2N3O5S/c21-18-4-3-15(12-19(18)22)13-30-17-6-10-25(11-7-17)31(28,29)20-16(2-1-8-23-20)5-9-24(27)14-26/h1-4,8,12,14,17,27H,5-7,9-11,13H2. The molecule has 0 aliphatic carbocycles. The predicted octanol–water partition coefficient (Wildman–Crippen LogP) is 3.15. The van der Waals surface area contributed by atoms with E-state index in [0.29, 0.717) is 53.2 Å². The Labute approximate surface area is 191 Å². The maximum atomic E-state index is 13.1. The van der Waals surface area contributed by atoms with Gasteiger partial charge in [-0.1, -0.05) is 35.3 Å². The molecule has 168 valence electrons. The molecule has 0 bridgehead atoms. The van der Waals surface area contributed by atoms with Crippen molar-refractivity contribution in [3.63, 3.8) is 0 Å². The lowest BCUT2D eigenvalue weighted by Gasteiger charge is -2.31. The minimum absolute atomic E-state index is 0.0255. The number of pyridine rings is 1. The van der Waals surface area contributed by atoms with E-state index >= 15 is 0 Å². The van der Waals surface area contributed by atoms with Crippen LogP contribution in [0.5, 0.6) is 0 Å². The molecule has 0 unspecified atom stereocenters. The lowest BCUT2D eigenvalue weighted by Crippen LogP contribution is -2.41. The zero-order valence-electron chi connectivity index (χ0n) is 16.7. The number of carbonyl (C=O) groups excluding carboxylic acids is 1. The molecule has 1 aliphatic heterocycles. The molecule has 1 aromatic heterocycles. The molecule has 0 atom stereocenters. The first-order valence-corrected chi connectivity index (χ1v) is 11.9. The largest absolute Gasteiger partial charge is 0.373 e. The third-order valence-electron chi connectivity index (χ3n) is 5.04. The van der Waals surface area contributed by atoms with Gasteiger partial charge in [0.25, 0.3) is 10.0 Å². The zero-order chi connectivity index (χ0) is 22.4. The van der Waals surface area contributed by atoms with Crippen LogP contribution in [0.25, 0.3) is 0 Å². The molecule has 2 heterocycles. The molecular formula is C20H23Cl2N3O5S. The summed E-state index contributed by atoms with van der Waals surface area (Å²) in [6.07, 6.45) is 2.89. The number of hydroxylamine groups is 2. The number of carbonyl (C=O) groups is 1. The van der Waals surface area contributed by atoms with Gasteiger partial charge in [-0.15, -0.1) is 0 Å². The molecule has 1 aromatic carbocycles. The summed E-state index contributed by atoms with van der Waals surface area (Å²) < 4.78 is 33.6. The van der Waals surface area contributed by atoms with Gasteiger partial charge in [-0.3, -0.25) is 10.0 Å². The monoisotopic (exact) mass is 487 g/mol. The molecule has 1 fully saturated rings. The predicted molar refractivity (Wildman–Crippen MR) is 116 cm³/mol.